The van der Waals surface area contributed by atoms with Crippen LogP contribution in [0.5, 0.6) is 5.88 Å². The smallest absolute Gasteiger partial charge is 0.343 e. The van der Waals surface area contributed by atoms with Gasteiger partial charge in [0.15, 0.2) is 0 Å². The molecule has 0 aliphatic carbocycles. The van der Waals surface area contributed by atoms with Gasteiger partial charge in [0, 0.05) is 0 Å². The van der Waals surface area contributed by atoms with Crippen LogP contribution in [0.25, 0.3) is 0 Å². The number of hydrogen-bond donors (Lipinski definition) is 0. The minimum absolute atomic E-state index is 0.0247. The number of halogens is 1. The number of carbonyl (C=O) groups is 1. The quantitative estimate of drug-likeness (QED) is 0.592. The van der Waals surface area contributed by atoms with Crippen molar-refractivity contribution in [3.05, 3.63) is 22.3 Å². The zero-order chi connectivity index (χ0) is 14.6. The van der Waals surface area contributed by atoms with E-state index in [4.69, 9.17) is 16.3 Å². The van der Waals surface area contributed by atoms with Crippen LogP contribution in [-0.4, -0.2) is 39.8 Å². The summed E-state index contributed by atoms with van der Waals surface area (Å²) in [7, 11) is -1.11. The van der Waals surface area contributed by atoms with Crippen molar-refractivity contribution in [1.82, 2.24) is 4.98 Å². The summed E-state index contributed by atoms with van der Waals surface area (Å²) in [5.74, 6) is -0.690. The predicted molar refractivity (Wildman–Crippen MR) is 66.8 cm³/mol. The molecule has 19 heavy (non-hydrogen) atoms. The topological polar surface area (TPSA) is 91.8 Å². The molecule has 7 nitrogen and oxygen atoms in total. The van der Waals surface area contributed by atoms with Gasteiger partial charge >= 0.3 is 5.97 Å². The van der Waals surface area contributed by atoms with E-state index in [0.29, 0.717) is 0 Å². The highest BCUT2D eigenvalue weighted by atomic mass is 35.5. The van der Waals surface area contributed by atoms with Gasteiger partial charge in [-0.3, -0.25) is 4.18 Å². The second-order valence-corrected chi connectivity index (χ2v) is 5.48. The summed E-state index contributed by atoms with van der Waals surface area (Å²) >= 11 is 5.89. The van der Waals surface area contributed by atoms with Crippen LogP contribution in [0.3, 0.4) is 0 Å². The summed E-state index contributed by atoms with van der Waals surface area (Å²) in [5, 5.41) is 0.0739. The second kappa shape index (κ2) is 6.18. The first-order valence-corrected chi connectivity index (χ1v) is 7.14. The molecular formula is C10H12ClNO6S. The minimum Gasteiger partial charge on any atom is -0.480 e. The monoisotopic (exact) mass is 309 g/mol. The van der Waals surface area contributed by atoms with Crippen LogP contribution in [0.2, 0.25) is 5.02 Å². The van der Waals surface area contributed by atoms with Gasteiger partial charge in [-0.05, 0) is 6.07 Å². The van der Waals surface area contributed by atoms with Crippen LogP contribution >= 0.6 is 11.6 Å². The Bertz CT molecular complexity index is 586. The molecule has 0 unspecified atom stereocenters. The van der Waals surface area contributed by atoms with Gasteiger partial charge in [-0.25, -0.2) is 9.78 Å². The number of rotatable bonds is 5. The third-order valence-corrected chi connectivity index (χ3v) is 2.90. The first-order chi connectivity index (χ1) is 8.78. The van der Waals surface area contributed by atoms with Crippen LogP contribution in [-0.2, 0) is 25.6 Å². The predicted octanol–water partition coefficient (Wildman–Crippen LogP) is 1.01. The molecule has 0 radical (unpaired) electrons. The Morgan fingerprint density at radius 1 is 1.42 bits per heavy atom. The third-order valence-electron chi connectivity index (χ3n) is 2.02. The van der Waals surface area contributed by atoms with Crippen LogP contribution in [0.15, 0.2) is 6.07 Å². The average molecular weight is 310 g/mol. The van der Waals surface area contributed by atoms with Crippen LogP contribution < -0.4 is 4.74 Å². The maximum atomic E-state index is 11.4. The SMILES string of the molecule is COC(=O)c1cc(Cl)c(COS(C)(=O)=O)nc1OC. The minimum atomic E-state index is -3.62. The maximum absolute atomic E-state index is 11.4. The Kier molecular flexibility index (Phi) is 5.10. The molecule has 0 aromatic carbocycles. The van der Waals surface area contributed by atoms with Crippen molar-refractivity contribution in [2.45, 2.75) is 6.61 Å². The van der Waals surface area contributed by atoms with Crippen molar-refractivity contribution < 1.29 is 26.9 Å². The Balaban J connectivity index is 3.13. The van der Waals surface area contributed by atoms with Gasteiger partial charge in [-0.15, -0.1) is 0 Å². The fourth-order valence-corrected chi connectivity index (χ4v) is 1.72. The van der Waals surface area contributed by atoms with Crippen LogP contribution in [0.4, 0.5) is 0 Å². The van der Waals surface area contributed by atoms with Crippen molar-refractivity contribution in [3.63, 3.8) is 0 Å². The van der Waals surface area contributed by atoms with Crippen LogP contribution in [0, 0.1) is 0 Å². The number of aromatic nitrogens is 1. The lowest BCUT2D eigenvalue weighted by molar-refractivity contribution is 0.0596. The van der Waals surface area contributed by atoms with Crippen molar-refractivity contribution in [3.8, 4) is 5.88 Å². The Morgan fingerprint density at radius 2 is 2.05 bits per heavy atom. The molecule has 9 heteroatoms. The Morgan fingerprint density at radius 3 is 2.53 bits per heavy atom. The van der Waals surface area contributed by atoms with Crippen molar-refractivity contribution >= 4 is 27.7 Å². The van der Waals surface area contributed by atoms with E-state index in [1.807, 2.05) is 0 Å². The summed E-state index contributed by atoms with van der Waals surface area (Å²) in [6.07, 6.45) is 0.904. The molecule has 106 valence electrons. The van der Waals surface area contributed by atoms with Gasteiger partial charge in [0.1, 0.15) is 12.2 Å². The molecule has 0 saturated carbocycles. The average Bonchev–Trinajstić information content (AvgIpc) is 2.35. The highest BCUT2D eigenvalue weighted by Crippen LogP contribution is 2.25. The van der Waals surface area contributed by atoms with Gasteiger partial charge in [-0.2, -0.15) is 8.42 Å². The summed E-state index contributed by atoms with van der Waals surface area (Å²) in [6.45, 7) is -0.352. The summed E-state index contributed by atoms with van der Waals surface area (Å²) < 4.78 is 35.8. The molecule has 1 aromatic heterocycles. The van der Waals surface area contributed by atoms with Gasteiger partial charge in [0.2, 0.25) is 5.88 Å². The molecule has 0 N–H and O–H groups in total. The lowest BCUT2D eigenvalue weighted by Gasteiger charge is -2.10. The van der Waals surface area contributed by atoms with E-state index in [-0.39, 0.29) is 28.8 Å². The number of hydrogen-bond acceptors (Lipinski definition) is 7. The number of nitrogens with zero attached hydrogens (tertiary/aromatic N) is 1. The van der Waals surface area contributed by atoms with E-state index in [9.17, 15) is 13.2 Å². The number of methoxy groups -OCH3 is 2. The summed E-state index contributed by atoms with van der Waals surface area (Å²) in [6, 6.07) is 1.28. The zero-order valence-corrected chi connectivity index (χ0v) is 12.0. The molecule has 0 saturated heterocycles. The molecular weight excluding hydrogens is 298 g/mol. The molecule has 0 fully saturated rings. The van der Waals surface area contributed by atoms with Crippen molar-refractivity contribution in [2.24, 2.45) is 0 Å². The summed E-state index contributed by atoms with van der Waals surface area (Å²) in [4.78, 5) is 15.4. The maximum Gasteiger partial charge on any atom is 0.343 e. The highest BCUT2D eigenvalue weighted by Gasteiger charge is 2.18. The largest absolute Gasteiger partial charge is 0.480 e. The van der Waals surface area contributed by atoms with E-state index in [1.54, 1.807) is 0 Å². The lowest BCUT2D eigenvalue weighted by atomic mass is 10.2. The first kappa shape index (κ1) is 15.7. The molecule has 1 aromatic rings. The normalized spacial score (nSPS) is 11.2. The van der Waals surface area contributed by atoms with E-state index in [0.717, 1.165) is 6.26 Å². The fourth-order valence-electron chi connectivity index (χ4n) is 1.18. The fraction of sp³-hybridized carbons (Fsp3) is 0.400. The van der Waals surface area contributed by atoms with Crippen molar-refractivity contribution in [1.29, 1.82) is 0 Å². The number of pyridine rings is 1. The molecule has 0 spiro atoms. The second-order valence-electron chi connectivity index (χ2n) is 3.43. The van der Waals surface area contributed by atoms with E-state index >= 15 is 0 Å². The van der Waals surface area contributed by atoms with Gasteiger partial charge in [-0.1, -0.05) is 11.6 Å². The van der Waals surface area contributed by atoms with Gasteiger partial charge in [0.05, 0.1) is 31.2 Å². The highest BCUT2D eigenvalue weighted by molar-refractivity contribution is 7.85. The number of ether oxygens (including phenoxy) is 2. The molecule has 0 atom stereocenters. The molecule has 1 rings (SSSR count). The molecule has 0 bridgehead atoms. The van der Waals surface area contributed by atoms with Gasteiger partial charge < -0.3 is 9.47 Å². The summed E-state index contributed by atoms with van der Waals surface area (Å²) in [5.41, 5.74) is 0.176. The van der Waals surface area contributed by atoms with Gasteiger partial charge in [0.25, 0.3) is 10.1 Å². The first-order valence-electron chi connectivity index (χ1n) is 4.94. The lowest BCUT2D eigenvalue weighted by Crippen LogP contribution is -2.09. The third kappa shape index (κ3) is 4.34. The molecule has 1 heterocycles. The van der Waals surface area contributed by atoms with E-state index < -0.39 is 16.1 Å². The number of esters is 1. The van der Waals surface area contributed by atoms with Crippen molar-refractivity contribution in [2.75, 3.05) is 20.5 Å². The Labute approximate surface area is 115 Å². The standard InChI is InChI=1S/C10H12ClNO6S/c1-16-9-6(10(13)17-2)4-7(11)8(12-9)5-18-19(3,14)15/h4H,5H2,1-3H3. The Hall–Kier alpha value is -1.38. The number of carbonyl (C=O) groups excluding carboxylic acids is 1. The molecule has 0 amide bonds. The molecule has 0 aliphatic rings. The van der Waals surface area contributed by atoms with E-state index in [2.05, 4.69) is 13.9 Å². The van der Waals surface area contributed by atoms with Crippen LogP contribution in [0.1, 0.15) is 16.1 Å². The van der Waals surface area contributed by atoms with E-state index in [1.165, 1.54) is 20.3 Å². The zero-order valence-electron chi connectivity index (χ0n) is 10.5. The molecule has 0 aliphatic heterocycles.